The fourth-order valence-corrected chi connectivity index (χ4v) is 2.91. The van der Waals surface area contributed by atoms with Crippen LogP contribution in [0.2, 0.25) is 5.02 Å². The Morgan fingerprint density at radius 2 is 1.90 bits per heavy atom. The molecule has 0 bridgehead atoms. The van der Waals surface area contributed by atoms with Crippen LogP contribution in [0.5, 0.6) is 0 Å². The van der Waals surface area contributed by atoms with E-state index in [0.29, 0.717) is 10.7 Å². The summed E-state index contributed by atoms with van der Waals surface area (Å²) < 4.78 is 0.806. The van der Waals surface area contributed by atoms with Crippen LogP contribution in [0.4, 0.5) is 5.69 Å². The van der Waals surface area contributed by atoms with Crippen LogP contribution in [0.25, 0.3) is 0 Å². The lowest BCUT2D eigenvalue weighted by Crippen LogP contribution is -2.66. The lowest BCUT2D eigenvalue weighted by Gasteiger charge is -2.42. The molecule has 2 rings (SSSR count). The lowest BCUT2D eigenvalue weighted by atomic mass is 9.84. The number of nitrogens with one attached hydrogen (secondary N) is 1. The highest BCUT2D eigenvalue weighted by molar-refractivity contribution is 9.10. The average molecular weight is 374 g/mol. The summed E-state index contributed by atoms with van der Waals surface area (Å²) in [7, 11) is 0. The minimum Gasteiger partial charge on any atom is -0.342 e. The minimum atomic E-state index is -0.595. The van der Waals surface area contributed by atoms with Crippen molar-refractivity contribution in [3.63, 3.8) is 0 Å². The zero-order valence-electron chi connectivity index (χ0n) is 12.4. The largest absolute Gasteiger partial charge is 0.342 e. The third-order valence-electron chi connectivity index (χ3n) is 3.57. The molecule has 4 nitrogen and oxygen atoms in total. The molecule has 0 aliphatic carbocycles. The van der Waals surface area contributed by atoms with Crippen molar-refractivity contribution in [2.45, 2.75) is 39.8 Å². The van der Waals surface area contributed by atoms with Crippen molar-refractivity contribution in [3.05, 3.63) is 27.7 Å². The normalized spacial score (nSPS) is 23.2. The Balaban J connectivity index is 2.51. The number of hydrogen-bond acceptors (Lipinski definition) is 2. The fourth-order valence-electron chi connectivity index (χ4n) is 2.36. The summed E-state index contributed by atoms with van der Waals surface area (Å²) in [5, 5.41) is 3.25. The molecule has 1 heterocycles. The van der Waals surface area contributed by atoms with Crippen molar-refractivity contribution in [2.75, 3.05) is 4.90 Å². The third-order valence-corrected chi connectivity index (χ3v) is 4.38. The van der Waals surface area contributed by atoms with Gasteiger partial charge in [-0.2, -0.15) is 0 Å². The predicted molar refractivity (Wildman–Crippen MR) is 87.5 cm³/mol. The SMILES string of the molecule is CC1C(=O)NC(C(C)(C)C)C(=O)N1c1cc(Br)ccc1Cl. The first-order chi connectivity index (χ1) is 9.62. The Labute approximate surface area is 138 Å². The van der Waals surface area contributed by atoms with Gasteiger partial charge < -0.3 is 5.32 Å². The van der Waals surface area contributed by atoms with E-state index in [1.54, 1.807) is 25.1 Å². The fraction of sp³-hybridized carbons (Fsp3) is 0.467. The van der Waals surface area contributed by atoms with E-state index in [9.17, 15) is 9.59 Å². The Morgan fingerprint density at radius 1 is 1.29 bits per heavy atom. The molecule has 1 aliphatic heterocycles. The van der Waals surface area contributed by atoms with Crippen LogP contribution in [0, 0.1) is 5.41 Å². The van der Waals surface area contributed by atoms with Crippen LogP contribution in [0.15, 0.2) is 22.7 Å². The van der Waals surface area contributed by atoms with Crippen LogP contribution >= 0.6 is 27.5 Å². The third kappa shape index (κ3) is 3.09. The molecule has 2 unspecified atom stereocenters. The maximum atomic E-state index is 12.8. The van der Waals surface area contributed by atoms with Crippen LogP contribution < -0.4 is 10.2 Å². The van der Waals surface area contributed by atoms with Crippen LogP contribution in [0.3, 0.4) is 0 Å². The molecular weight excluding hydrogens is 356 g/mol. The summed E-state index contributed by atoms with van der Waals surface area (Å²) >= 11 is 9.60. The molecule has 1 aliphatic rings. The number of rotatable bonds is 1. The number of nitrogens with zero attached hydrogens (tertiary/aromatic N) is 1. The quantitative estimate of drug-likeness (QED) is 0.820. The first-order valence-electron chi connectivity index (χ1n) is 6.71. The topological polar surface area (TPSA) is 49.4 Å². The van der Waals surface area contributed by atoms with Gasteiger partial charge in [0, 0.05) is 4.47 Å². The summed E-state index contributed by atoms with van der Waals surface area (Å²) in [5.41, 5.74) is 0.177. The highest BCUT2D eigenvalue weighted by Crippen LogP contribution is 2.34. The Bertz CT molecular complexity index is 598. The van der Waals surface area contributed by atoms with E-state index in [1.165, 1.54) is 4.90 Å². The predicted octanol–water partition coefficient (Wildman–Crippen LogP) is 3.37. The molecule has 2 amide bonds. The van der Waals surface area contributed by atoms with Gasteiger partial charge in [0.2, 0.25) is 5.91 Å². The molecule has 6 heteroatoms. The molecule has 114 valence electrons. The highest BCUT2D eigenvalue weighted by atomic mass is 79.9. The van der Waals surface area contributed by atoms with Gasteiger partial charge in [-0.25, -0.2) is 0 Å². The Kier molecular flexibility index (Phi) is 4.36. The van der Waals surface area contributed by atoms with E-state index in [-0.39, 0.29) is 17.2 Å². The molecule has 1 saturated heterocycles. The van der Waals surface area contributed by atoms with Crippen molar-refractivity contribution >= 4 is 45.0 Å². The van der Waals surface area contributed by atoms with Gasteiger partial charge in [0.25, 0.3) is 5.91 Å². The standard InChI is InChI=1S/C15H18BrClN2O2/c1-8-13(20)18-12(15(2,3)4)14(21)19(8)11-7-9(16)5-6-10(11)17/h5-8,12H,1-4H3,(H,18,20). The van der Waals surface area contributed by atoms with Crippen molar-refractivity contribution in [2.24, 2.45) is 5.41 Å². The Morgan fingerprint density at radius 3 is 2.48 bits per heavy atom. The van der Waals surface area contributed by atoms with Gasteiger partial charge in [-0.3, -0.25) is 14.5 Å². The van der Waals surface area contributed by atoms with E-state index >= 15 is 0 Å². The zero-order valence-corrected chi connectivity index (χ0v) is 14.7. The number of halogens is 2. The van der Waals surface area contributed by atoms with Gasteiger partial charge in [-0.1, -0.05) is 48.3 Å². The van der Waals surface area contributed by atoms with E-state index in [4.69, 9.17) is 11.6 Å². The molecule has 2 atom stereocenters. The second-order valence-electron chi connectivity index (χ2n) is 6.29. The molecule has 1 aromatic carbocycles. The number of carbonyl (C=O) groups excluding carboxylic acids is 2. The molecule has 0 aromatic heterocycles. The van der Waals surface area contributed by atoms with Crippen LogP contribution in [-0.2, 0) is 9.59 Å². The minimum absolute atomic E-state index is 0.144. The number of amides is 2. The first kappa shape index (κ1) is 16.3. The van der Waals surface area contributed by atoms with Gasteiger partial charge in [0.1, 0.15) is 12.1 Å². The lowest BCUT2D eigenvalue weighted by molar-refractivity contribution is -0.136. The van der Waals surface area contributed by atoms with Crippen molar-refractivity contribution in [3.8, 4) is 0 Å². The molecule has 0 saturated carbocycles. The smallest absolute Gasteiger partial charge is 0.250 e. The van der Waals surface area contributed by atoms with E-state index in [0.717, 1.165) is 4.47 Å². The summed E-state index contributed by atoms with van der Waals surface area (Å²) in [5.74, 6) is -0.319. The van der Waals surface area contributed by atoms with E-state index in [2.05, 4.69) is 21.2 Å². The molecule has 1 aromatic rings. The molecule has 0 spiro atoms. The van der Waals surface area contributed by atoms with E-state index < -0.39 is 12.1 Å². The molecule has 1 N–H and O–H groups in total. The van der Waals surface area contributed by atoms with Crippen molar-refractivity contribution < 1.29 is 9.59 Å². The van der Waals surface area contributed by atoms with Gasteiger partial charge in [0.05, 0.1) is 10.7 Å². The second-order valence-corrected chi connectivity index (χ2v) is 7.61. The van der Waals surface area contributed by atoms with Crippen LogP contribution in [0.1, 0.15) is 27.7 Å². The number of anilines is 1. The molecule has 1 fully saturated rings. The van der Waals surface area contributed by atoms with Crippen LogP contribution in [-0.4, -0.2) is 23.9 Å². The number of piperazine rings is 1. The Hall–Kier alpha value is -1.07. The maximum absolute atomic E-state index is 12.8. The summed E-state index contributed by atoms with van der Waals surface area (Å²) in [6.45, 7) is 7.47. The number of hydrogen-bond donors (Lipinski definition) is 1. The van der Waals surface area contributed by atoms with Gasteiger partial charge in [-0.05, 0) is 30.5 Å². The van der Waals surface area contributed by atoms with Crippen molar-refractivity contribution in [1.29, 1.82) is 0 Å². The van der Waals surface area contributed by atoms with E-state index in [1.807, 2.05) is 20.8 Å². The molecule has 0 radical (unpaired) electrons. The van der Waals surface area contributed by atoms with Gasteiger partial charge >= 0.3 is 0 Å². The highest BCUT2D eigenvalue weighted by Gasteiger charge is 2.44. The molecular formula is C15H18BrClN2O2. The number of carbonyl (C=O) groups is 2. The summed E-state index contributed by atoms with van der Waals surface area (Å²) in [6, 6.07) is 4.10. The molecule has 21 heavy (non-hydrogen) atoms. The first-order valence-corrected chi connectivity index (χ1v) is 7.88. The monoisotopic (exact) mass is 372 g/mol. The summed E-state index contributed by atoms with van der Waals surface area (Å²) in [6.07, 6.45) is 0. The summed E-state index contributed by atoms with van der Waals surface area (Å²) in [4.78, 5) is 26.5. The average Bonchev–Trinajstić information content (AvgIpc) is 2.36. The maximum Gasteiger partial charge on any atom is 0.250 e. The number of benzene rings is 1. The van der Waals surface area contributed by atoms with Gasteiger partial charge in [0.15, 0.2) is 0 Å². The zero-order chi connectivity index (χ0) is 15.9. The van der Waals surface area contributed by atoms with Crippen molar-refractivity contribution in [1.82, 2.24) is 5.32 Å². The second kappa shape index (κ2) is 5.61. The van der Waals surface area contributed by atoms with Gasteiger partial charge in [-0.15, -0.1) is 0 Å².